The summed E-state index contributed by atoms with van der Waals surface area (Å²) in [4.78, 5) is 11.5. The molecule has 0 bridgehead atoms. The van der Waals surface area contributed by atoms with Crippen molar-refractivity contribution in [2.45, 2.75) is 0 Å². The predicted molar refractivity (Wildman–Crippen MR) is 83.7 cm³/mol. The van der Waals surface area contributed by atoms with Crippen LogP contribution >= 0.6 is 0 Å². The summed E-state index contributed by atoms with van der Waals surface area (Å²) in [5.74, 6) is -0.135. The fourth-order valence-electron chi connectivity index (χ4n) is 2.23. The van der Waals surface area contributed by atoms with E-state index in [2.05, 4.69) is 10.4 Å². The number of carbonyl (C=O) groups is 1. The quantitative estimate of drug-likeness (QED) is 0.748. The molecule has 0 aliphatic carbocycles. The molecule has 0 saturated carbocycles. The van der Waals surface area contributed by atoms with Gasteiger partial charge in [0.25, 0.3) is 0 Å². The Morgan fingerprint density at radius 1 is 1.14 bits per heavy atom. The molecular weight excluding hydrogens is 262 g/mol. The molecule has 3 rings (SSSR count). The minimum absolute atomic E-state index is 0.135. The second kappa shape index (κ2) is 5.63. The van der Waals surface area contributed by atoms with Crippen LogP contribution in [0.1, 0.15) is 5.56 Å². The van der Waals surface area contributed by atoms with Gasteiger partial charge in [-0.25, -0.2) is 4.52 Å². The Kier molecular flexibility index (Phi) is 3.51. The van der Waals surface area contributed by atoms with Gasteiger partial charge < -0.3 is 5.32 Å². The van der Waals surface area contributed by atoms with E-state index in [0.29, 0.717) is 0 Å². The molecule has 4 heteroatoms. The van der Waals surface area contributed by atoms with E-state index in [1.807, 2.05) is 65.3 Å². The maximum atomic E-state index is 11.5. The molecule has 0 aliphatic heterocycles. The van der Waals surface area contributed by atoms with Gasteiger partial charge in [-0.2, -0.15) is 5.10 Å². The first-order valence-electron chi connectivity index (χ1n) is 6.72. The van der Waals surface area contributed by atoms with Crippen LogP contribution in [0, 0.1) is 0 Å². The molecule has 3 aromatic rings. The number of nitrogens with one attached hydrogen (secondary N) is 1. The number of nitrogens with zero attached hydrogens (tertiary/aromatic N) is 2. The fourth-order valence-corrected chi connectivity index (χ4v) is 2.23. The third kappa shape index (κ3) is 2.56. The van der Waals surface area contributed by atoms with Crippen molar-refractivity contribution in [3.05, 3.63) is 66.4 Å². The second-order valence-corrected chi connectivity index (χ2v) is 4.61. The van der Waals surface area contributed by atoms with Gasteiger partial charge in [-0.15, -0.1) is 0 Å². The Balaban J connectivity index is 2.19. The van der Waals surface area contributed by atoms with Gasteiger partial charge in [-0.1, -0.05) is 36.4 Å². The highest BCUT2D eigenvalue weighted by atomic mass is 16.1. The molecule has 0 aliphatic rings. The Labute approximate surface area is 122 Å². The van der Waals surface area contributed by atoms with Gasteiger partial charge in [0.2, 0.25) is 5.91 Å². The third-order valence-corrected chi connectivity index (χ3v) is 3.27. The van der Waals surface area contributed by atoms with E-state index in [4.69, 9.17) is 0 Å². The van der Waals surface area contributed by atoms with E-state index in [1.165, 1.54) is 6.08 Å². The Morgan fingerprint density at radius 3 is 2.67 bits per heavy atom. The predicted octanol–water partition coefficient (Wildman–Crippen LogP) is 2.76. The van der Waals surface area contributed by atoms with Crippen molar-refractivity contribution >= 4 is 17.5 Å². The van der Waals surface area contributed by atoms with E-state index < -0.39 is 0 Å². The lowest BCUT2D eigenvalue weighted by atomic mass is 10.1. The molecule has 21 heavy (non-hydrogen) atoms. The van der Waals surface area contributed by atoms with Gasteiger partial charge in [0.1, 0.15) is 5.69 Å². The monoisotopic (exact) mass is 277 g/mol. The van der Waals surface area contributed by atoms with E-state index in [9.17, 15) is 4.79 Å². The number of aromatic nitrogens is 2. The second-order valence-electron chi connectivity index (χ2n) is 4.61. The zero-order valence-electron chi connectivity index (χ0n) is 11.7. The lowest BCUT2D eigenvalue weighted by Crippen LogP contribution is -2.13. The Hall–Kier alpha value is -2.88. The number of hydrogen-bond acceptors (Lipinski definition) is 2. The first kappa shape index (κ1) is 13.1. The van der Waals surface area contributed by atoms with Crippen molar-refractivity contribution in [3.8, 4) is 11.3 Å². The standard InChI is InChI=1S/C17H15N3O/c1-18-16(21)11-10-14-15-9-5-6-12-20(15)19-17(14)13-7-3-2-4-8-13/h2-12H,1H3,(H,18,21)/b11-10+. The summed E-state index contributed by atoms with van der Waals surface area (Å²) in [5.41, 5.74) is 3.79. The highest BCUT2D eigenvalue weighted by molar-refractivity contribution is 5.94. The summed E-state index contributed by atoms with van der Waals surface area (Å²) in [5, 5.41) is 7.20. The van der Waals surface area contributed by atoms with Crippen molar-refractivity contribution in [3.63, 3.8) is 0 Å². The van der Waals surface area contributed by atoms with Crippen LogP contribution in [0.2, 0.25) is 0 Å². The first-order valence-corrected chi connectivity index (χ1v) is 6.72. The number of fused-ring (bicyclic) bond motifs is 1. The molecule has 0 fully saturated rings. The average Bonchev–Trinajstić information content (AvgIpc) is 2.92. The van der Waals surface area contributed by atoms with E-state index in [1.54, 1.807) is 7.05 Å². The van der Waals surface area contributed by atoms with Gasteiger partial charge in [-0.3, -0.25) is 4.79 Å². The fraction of sp³-hybridized carbons (Fsp3) is 0.0588. The van der Waals surface area contributed by atoms with Crippen LogP contribution in [0.15, 0.2) is 60.8 Å². The lowest BCUT2D eigenvalue weighted by Gasteiger charge is -1.98. The van der Waals surface area contributed by atoms with Gasteiger partial charge in [0, 0.05) is 30.4 Å². The molecule has 0 saturated heterocycles. The van der Waals surface area contributed by atoms with Crippen LogP contribution in [0.4, 0.5) is 0 Å². The maximum Gasteiger partial charge on any atom is 0.243 e. The molecule has 0 atom stereocenters. The Bertz CT molecular complexity index is 803. The number of rotatable bonds is 3. The summed E-state index contributed by atoms with van der Waals surface area (Å²) in [6.45, 7) is 0. The van der Waals surface area contributed by atoms with Crippen LogP contribution < -0.4 is 5.32 Å². The van der Waals surface area contributed by atoms with Crippen LogP contribution in [0.5, 0.6) is 0 Å². The molecular formula is C17H15N3O. The van der Waals surface area contributed by atoms with E-state index in [-0.39, 0.29) is 5.91 Å². The molecule has 0 unspecified atom stereocenters. The number of amides is 1. The molecule has 104 valence electrons. The molecule has 0 radical (unpaired) electrons. The first-order chi connectivity index (χ1) is 10.3. The van der Waals surface area contributed by atoms with Crippen LogP contribution in [-0.2, 0) is 4.79 Å². The van der Waals surface area contributed by atoms with Crippen LogP contribution in [0.25, 0.3) is 22.9 Å². The third-order valence-electron chi connectivity index (χ3n) is 3.27. The largest absolute Gasteiger partial charge is 0.356 e. The van der Waals surface area contributed by atoms with Gasteiger partial charge in [-0.05, 0) is 18.2 Å². The highest BCUT2D eigenvalue weighted by Gasteiger charge is 2.11. The van der Waals surface area contributed by atoms with Crippen molar-refractivity contribution in [2.24, 2.45) is 0 Å². The number of likely N-dealkylation sites (N-methyl/N-ethyl adjacent to an activating group) is 1. The van der Waals surface area contributed by atoms with Crippen molar-refractivity contribution in [1.29, 1.82) is 0 Å². The van der Waals surface area contributed by atoms with Crippen molar-refractivity contribution < 1.29 is 4.79 Å². The summed E-state index contributed by atoms with van der Waals surface area (Å²) in [6, 6.07) is 15.8. The maximum absolute atomic E-state index is 11.5. The normalized spacial score (nSPS) is 11.1. The van der Waals surface area contributed by atoms with Crippen molar-refractivity contribution in [1.82, 2.24) is 14.9 Å². The van der Waals surface area contributed by atoms with Gasteiger partial charge in [0.05, 0.1) is 5.52 Å². The zero-order valence-corrected chi connectivity index (χ0v) is 11.7. The van der Waals surface area contributed by atoms with E-state index >= 15 is 0 Å². The van der Waals surface area contributed by atoms with Gasteiger partial charge >= 0.3 is 0 Å². The van der Waals surface area contributed by atoms with Crippen LogP contribution in [-0.4, -0.2) is 22.6 Å². The topological polar surface area (TPSA) is 46.4 Å². The molecule has 2 aromatic heterocycles. The minimum atomic E-state index is -0.135. The zero-order chi connectivity index (χ0) is 14.7. The highest BCUT2D eigenvalue weighted by Crippen LogP contribution is 2.27. The SMILES string of the molecule is CNC(=O)/C=C/c1c(-c2ccccc2)nn2ccccc12. The van der Waals surface area contributed by atoms with Crippen LogP contribution in [0.3, 0.4) is 0 Å². The van der Waals surface area contributed by atoms with Crippen molar-refractivity contribution in [2.75, 3.05) is 7.05 Å². The number of benzene rings is 1. The number of carbonyl (C=O) groups excluding carboxylic acids is 1. The smallest absolute Gasteiger partial charge is 0.243 e. The summed E-state index contributed by atoms with van der Waals surface area (Å²) in [6.07, 6.45) is 5.24. The Morgan fingerprint density at radius 2 is 1.90 bits per heavy atom. The number of pyridine rings is 1. The average molecular weight is 277 g/mol. The molecule has 2 heterocycles. The molecule has 0 spiro atoms. The number of hydrogen-bond donors (Lipinski definition) is 1. The summed E-state index contributed by atoms with van der Waals surface area (Å²) < 4.78 is 1.83. The molecule has 1 amide bonds. The van der Waals surface area contributed by atoms with Gasteiger partial charge in [0.15, 0.2) is 0 Å². The molecule has 1 aromatic carbocycles. The molecule has 1 N–H and O–H groups in total. The summed E-state index contributed by atoms with van der Waals surface area (Å²) >= 11 is 0. The molecule has 4 nitrogen and oxygen atoms in total. The minimum Gasteiger partial charge on any atom is -0.356 e. The lowest BCUT2D eigenvalue weighted by molar-refractivity contribution is -0.115. The summed E-state index contributed by atoms with van der Waals surface area (Å²) in [7, 11) is 1.61. The van der Waals surface area contributed by atoms with E-state index in [0.717, 1.165) is 22.3 Å².